The topological polar surface area (TPSA) is 40.6 Å². The summed E-state index contributed by atoms with van der Waals surface area (Å²) in [5.74, 6) is 0. The van der Waals surface area contributed by atoms with Crippen molar-refractivity contribution in [1.29, 1.82) is 0 Å². The first kappa shape index (κ1) is 23.9. The number of thiophene rings is 1. The minimum Gasteiger partial charge on any atom is -0.304 e. The fourth-order valence-electron chi connectivity index (χ4n) is 4.24. The average molecular weight is 481 g/mol. The Labute approximate surface area is 201 Å². The summed E-state index contributed by atoms with van der Waals surface area (Å²) in [6.07, 6.45) is 1.82. The molecule has 3 aromatic carbocycles. The van der Waals surface area contributed by atoms with Crippen LogP contribution in [0.5, 0.6) is 0 Å². The lowest BCUT2D eigenvalue weighted by molar-refractivity contribution is 0.289. The van der Waals surface area contributed by atoms with E-state index in [1.165, 1.54) is 10.1 Å². The van der Waals surface area contributed by atoms with Crippen LogP contribution in [0.15, 0.2) is 77.0 Å². The molecule has 6 heteroatoms. The van der Waals surface area contributed by atoms with Gasteiger partial charge in [0.05, 0.1) is 4.90 Å². The van der Waals surface area contributed by atoms with E-state index < -0.39 is 10.0 Å². The molecule has 0 saturated heterocycles. The first-order chi connectivity index (χ1) is 16.0. The number of rotatable bonds is 11. The monoisotopic (exact) mass is 480 g/mol. The van der Waals surface area contributed by atoms with Crippen molar-refractivity contribution >= 4 is 42.2 Å². The summed E-state index contributed by atoms with van der Waals surface area (Å²) in [4.78, 5) is 2.74. The molecule has 0 aliphatic heterocycles. The van der Waals surface area contributed by atoms with Crippen LogP contribution in [-0.4, -0.2) is 43.8 Å². The van der Waals surface area contributed by atoms with E-state index >= 15 is 0 Å². The Morgan fingerprint density at radius 3 is 2.33 bits per heavy atom. The van der Waals surface area contributed by atoms with Crippen LogP contribution in [0.4, 0.5) is 0 Å². The fraction of sp³-hybridized carbons (Fsp3) is 0.333. The molecular weight excluding hydrogens is 448 g/mol. The van der Waals surface area contributed by atoms with Gasteiger partial charge in [0.1, 0.15) is 0 Å². The van der Waals surface area contributed by atoms with Crippen LogP contribution in [0.1, 0.15) is 32.3 Å². The molecule has 4 rings (SSSR count). The highest BCUT2D eigenvalue weighted by Gasteiger charge is 2.25. The maximum absolute atomic E-state index is 13.8. The van der Waals surface area contributed by atoms with Gasteiger partial charge < -0.3 is 4.90 Å². The van der Waals surface area contributed by atoms with Gasteiger partial charge in [-0.2, -0.15) is 4.31 Å². The second-order valence-electron chi connectivity index (χ2n) is 8.37. The lowest BCUT2D eigenvalue weighted by atomic mass is 10.1. The van der Waals surface area contributed by atoms with Crippen LogP contribution in [0, 0.1) is 0 Å². The number of nitrogens with zero attached hydrogens (tertiary/aromatic N) is 2. The Kier molecular flexibility index (Phi) is 7.81. The molecule has 33 heavy (non-hydrogen) atoms. The molecule has 0 N–H and O–H groups in total. The van der Waals surface area contributed by atoms with Crippen molar-refractivity contribution in [3.8, 4) is 0 Å². The van der Waals surface area contributed by atoms with Gasteiger partial charge in [0, 0.05) is 17.8 Å². The third kappa shape index (κ3) is 5.64. The third-order valence-corrected chi connectivity index (χ3v) is 9.00. The predicted molar refractivity (Wildman–Crippen MR) is 140 cm³/mol. The number of sulfonamides is 1. The molecular formula is C27H32N2O2S2. The first-order valence-electron chi connectivity index (χ1n) is 11.7. The summed E-state index contributed by atoms with van der Waals surface area (Å²) in [6.45, 7) is 8.27. The number of unbranched alkanes of at least 4 members (excludes halogenated alkanes) is 1. The summed E-state index contributed by atoms with van der Waals surface area (Å²) in [5.41, 5.74) is 1.02. The number of hydrogen-bond donors (Lipinski definition) is 0. The molecule has 0 fully saturated rings. The Hall–Kier alpha value is -2.25. The van der Waals surface area contributed by atoms with Crippen LogP contribution in [0.25, 0.3) is 20.9 Å². The summed E-state index contributed by atoms with van der Waals surface area (Å²) in [7, 11) is -3.62. The first-order valence-corrected chi connectivity index (χ1v) is 14.0. The van der Waals surface area contributed by atoms with Crippen molar-refractivity contribution in [2.75, 3.05) is 26.2 Å². The number of benzene rings is 3. The van der Waals surface area contributed by atoms with Gasteiger partial charge in [0.25, 0.3) is 0 Å². The van der Waals surface area contributed by atoms with Gasteiger partial charge >= 0.3 is 0 Å². The van der Waals surface area contributed by atoms with E-state index in [4.69, 9.17) is 0 Å². The van der Waals surface area contributed by atoms with E-state index in [-0.39, 0.29) is 0 Å². The maximum atomic E-state index is 13.8. The minimum atomic E-state index is -3.62. The van der Waals surface area contributed by atoms with Crippen molar-refractivity contribution in [3.63, 3.8) is 0 Å². The van der Waals surface area contributed by atoms with E-state index in [9.17, 15) is 8.42 Å². The van der Waals surface area contributed by atoms with Gasteiger partial charge in [0.15, 0.2) is 0 Å². The molecule has 0 saturated carbocycles. The molecule has 1 aromatic heterocycles. The van der Waals surface area contributed by atoms with Crippen LogP contribution < -0.4 is 0 Å². The van der Waals surface area contributed by atoms with E-state index in [0.717, 1.165) is 48.8 Å². The highest BCUT2D eigenvalue weighted by molar-refractivity contribution is 7.89. The Morgan fingerprint density at radius 2 is 1.55 bits per heavy atom. The fourth-order valence-corrected chi connectivity index (χ4v) is 6.52. The van der Waals surface area contributed by atoms with Crippen LogP contribution in [0.2, 0.25) is 0 Å². The molecule has 0 aliphatic rings. The van der Waals surface area contributed by atoms with Crippen molar-refractivity contribution in [2.24, 2.45) is 0 Å². The largest absolute Gasteiger partial charge is 0.304 e. The smallest absolute Gasteiger partial charge is 0.243 e. The van der Waals surface area contributed by atoms with E-state index in [1.54, 1.807) is 27.8 Å². The predicted octanol–water partition coefficient (Wildman–Crippen LogP) is 6.37. The van der Waals surface area contributed by atoms with Crippen LogP contribution in [-0.2, 0) is 16.6 Å². The second kappa shape index (κ2) is 10.8. The van der Waals surface area contributed by atoms with Crippen molar-refractivity contribution in [3.05, 3.63) is 77.7 Å². The lowest BCUT2D eigenvalue weighted by Gasteiger charge is -2.24. The van der Waals surface area contributed by atoms with Crippen molar-refractivity contribution < 1.29 is 8.42 Å². The molecule has 0 aliphatic carbocycles. The maximum Gasteiger partial charge on any atom is 0.243 e. The highest BCUT2D eigenvalue weighted by atomic mass is 32.2. The van der Waals surface area contributed by atoms with Crippen LogP contribution in [0.3, 0.4) is 0 Å². The zero-order valence-corrected chi connectivity index (χ0v) is 21.0. The third-order valence-electron chi connectivity index (χ3n) is 6.26. The Morgan fingerprint density at radius 1 is 0.788 bits per heavy atom. The van der Waals surface area contributed by atoms with Gasteiger partial charge in [0.2, 0.25) is 10.0 Å². The number of fused-ring (bicyclic) bond motifs is 2. The Bertz CT molecular complexity index is 1310. The summed E-state index contributed by atoms with van der Waals surface area (Å²) < 4.78 is 30.4. The van der Waals surface area contributed by atoms with Crippen LogP contribution >= 0.6 is 11.3 Å². The highest BCUT2D eigenvalue weighted by Crippen LogP contribution is 2.26. The second-order valence-corrected chi connectivity index (χ2v) is 11.3. The average Bonchev–Trinajstić information content (AvgIpc) is 3.31. The zero-order chi connectivity index (χ0) is 23.3. The van der Waals surface area contributed by atoms with E-state index in [1.807, 2.05) is 30.3 Å². The molecule has 0 bridgehead atoms. The molecule has 0 atom stereocenters. The van der Waals surface area contributed by atoms with Crippen molar-refractivity contribution in [2.45, 2.75) is 38.1 Å². The molecule has 0 spiro atoms. The van der Waals surface area contributed by atoms with Gasteiger partial charge in [-0.3, -0.25) is 0 Å². The Balaban J connectivity index is 1.59. The minimum absolute atomic E-state index is 0.363. The summed E-state index contributed by atoms with van der Waals surface area (Å²) in [5, 5.41) is 5.23. The van der Waals surface area contributed by atoms with Gasteiger partial charge in [-0.25, -0.2) is 8.42 Å². The molecule has 4 aromatic rings. The zero-order valence-electron chi connectivity index (χ0n) is 19.4. The quantitative estimate of drug-likeness (QED) is 0.234. The molecule has 174 valence electrons. The molecule has 1 heterocycles. The van der Waals surface area contributed by atoms with E-state index in [0.29, 0.717) is 18.0 Å². The SMILES string of the molecule is CCN(CC)CCCCN(Cc1ccc2sccc2c1)S(=O)(=O)c1ccc2ccccc2c1. The number of hydrogen-bond acceptors (Lipinski definition) is 4. The molecule has 0 amide bonds. The molecule has 4 nitrogen and oxygen atoms in total. The summed E-state index contributed by atoms with van der Waals surface area (Å²) in [6, 6.07) is 21.7. The lowest BCUT2D eigenvalue weighted by Crippen LogP contribution is -2.32. The van der Waals surface area contributed by atoms with E-state index in [2.05, 4.69) is 48.4 Å². The van der Waals surface area contributed by atoms with Gasteiger partial charge in [-0.05, 0) is 89.9 Å². The molecule has 0 unspecified atom stereocenters. The van der Waals surface area contributed by atoms with Gasteiger partial charge in [-0.15, -0.1) is 11.3 Å². The summed E-state index contributed by atoms with van der Waals surface area (Å²) >= 11 is 1.71. The normalized spacial score (nSPS) is 12.4. The molecule has 0 radical (unpaired) electrons. The van der Waals surface area contributed by atoms with Crippen molar-refractivity contribution in [1.82, 2.24) is 9.21 Å². The standard InChI is InChI=1S/C27H32N2O2S2/c1-3-28(4-2)16-7-8-17-29(21-22-11-14-27-25(19-22)15-18-32-27)33(30,31)26-13-12-23-9-5-6-10-24(23)20-26/h5-6,9-15,18-20H,3-4,7-8,16-17,21H2,1-2H3. The van der Waals surface area contributed by atoms with Gasteiger partial charge in [-0.1, -0.05) is 50.2 Å².